The van der Waals surface area contributed by atoms with Gasteiger partial charge in [-0.2, -0.15) is 5.10 Å². The maximum atomic E-state index is 12.2. The van der Waals surface area contributed by atoms with Crippen LogP contribution in [-0.4, -0.2) is 28.8 Å². The summed E-state index contributed by atoms with van der Waals surface area (Å²) >= 11 is 0. The molecule has 0 aliphatic rings. The predicted octanol–water partition coefficient (Wildman–Crippen LogP) is 4.30. The number of hydrogen-bond acceptors (Lipinski definition) is 6. The van der Waals surface area contributed by atoms with Crippen LogP contribution in [0.3, 0.4) is 0 Å². The number of nitrogens with zero attached hydrogens (tertiary/aromatic N) is 2. The van der Waals surface area contributed by atoms with Crippen molar-refractivity contribution in [2.75, 3.05) is 7.11 Å². The maximum Gasteiger partial charge on any atom is 0.341 e. The fourth-order valence-electron chi connectivity index (χ4n) is 3.24. The van der Waals surface area contributed by atoms with Crippen molar-refractivity contribution in [1.29, 1.82) is 0 Å². The molecule has 0 N–H and O–H groups in total. The molecular formula is C24H26N2O5. The van der Waals surface area contributed by atoms with E-state index < -0.39 is 11.9 Å². The summed E-state index contributed by atoms with van der Waals surface area (Å²) in [4.78, 5) is 23.8. The van der Waals surface area contributed by atoms with Gasteiger partial charge in [0.2, 0.25) is 0 Å². The van der Waals surface area contributed by atoms with Crippen LogP contribution in [0.5, 0.6) is 0 Å². The predicted molar refractivity (Wildman–Crippen MR) is 116 cm³/mol. The van der Waals surface area contributed by atoms with Crippen LogP contribution in [0, 0.1) is 27.7 Å². The Kier molecular flexibility index (Phi) is 6.74. The number of furan rings is 1. The Hall–Kier alpha value is -3.61. The zero-order valence-corrected chi connectivity index (χ0v) is 18.4. The standard InChI is InChI=1S/C24H26N2O5/c1-15-6-8-19(9-7-15)13-26-17(3)21(16(2)25-26)10-11-23(27)30-14-20-12-22(18(4)31-20)24(28)29-5/h6-12H,13-14H2,1-5H3/b11-10+. The van der Waals surface area contributed by atoms with Crippen molar-refractivity contribution in [2.45, 2.75) is 40.8 Å². The van der Waals surface area contributed by atoms with Crippen LogP contribution in [0.15, 0.2) is 40.8 Å². The molecule has 162 valence electrons. The van der Waals surface area contributed by atoms with Crippen LogP contribution >= 0.6 is 0 Å². The van der Waals surface area contributed by atoms with E-state index in [1.165, 1.54) is 24.8 Å². The Balaban J connectivity index is 1.63. The van der Waals surface area contributed by atoms with Gasteiger partial charge in [-0.25, -0.2) is 9.59 Å². The number of ether oxygens (including phenoxy) is 2. The monoisotopic (exact) mass is 422 g/mol. The molecule has 0 atom stereocenters. The number of carbonyl (C=O) groups excluding carboxylic acids is 2. The summed E-state index contributed by atoms with van der Waals surface area (Å²) in [5, 5.41) is 4.59. The molecule has 0 aliphatic heterocycles. The van der Waals surface area contributed by atoms with Crippen molar-refractivity contribution in [3.8, 4) is 0 Å². The third kappa shape index (κ3) is 5.31. The van der Waals surface area contributed by atoms with Gasteiger partial charge in [-0.3, -0.25) is 4.68 Å². The number of carbonyl (C=O) groups is 2. The average Bonchev–Trinajstić information content (AvgIpc) is 3.25. The summed E-state index contributed by atoms with van der Waals surface area (Å²) in [7, 11) is 1.30. The quantitative estimate of drug-likeness (QED) is 0.417. The number of rotatable bonds is 7. The maximum absolute atomic E-state index is 12.2. The van der Waals surface area contributed by atoms with E-state index >= 15 is 0 Å². The Morgan fingerprint density at radius 1 is 1.13 bits per heavy atom. The molecule has 2 aromatic heterocycles. The van der Waals surface area contributed by atoms with E-state index in [-0.39, 0.29) is 6.61 Å². The van der Waals surface area contributed by atoms with E-state index in [1.807, 2.05) is 18.5 Å². The normalized spacial score (nSPS) is 11.1. The molecule has 0 amide bonds. The van der Waals surface area contributed by atoms with Gasteiger partial charge in [0.1, 0.15) is 23.7 Å². The van der Waals surface area contributed by atoms with Crippen molar-refractivity contribution in [1.82, 2.24) is 9.78 Å². The fraction of sp³-hybridized carbons (Fsp3) is 0.292. The van der Waals surface area contributed by atoms with Crippen LogP contribution in [0.1, 0.15) is 50.0 Å². The molecular weight excluding hydrogens is 396 g/mol. The summed E-state index contributed by atoms with van der Waals surface area (Å²) in [6.07, 6.45) is 3.07. The highest BCUT2D eigenvalue weighted by Crippen LogP contribution is 2.18. The SMILES string of the molecule is COC(=O)c1cc(COC(=O)/C=C/c2c(C)nn(Cc3ccc(C)cc3)c2C)oc1C. The summed E-state index contributed by atoms with van der Waals surface area (Å²) in [6.45, 7) is 8.16. The second kappa shape index (κ2) is 9.47. The second-order valence-corrected chi connectivity index (χ2v) is 7.34. The van der Waals surface area contributed by atoms with E-state index in [0.29, 0.717) is 23.6 Å². The van der Waals surface area contributed by atoms with Crippen LogP contribution in [0.25, 0.3) is 6.08 Å². The summed E-state index contributed by atoms with van der Waals surface area (Å²) in [6, 6.07) is 9.84. The molecule has 0 unspecified atom stereocenters. The van der Waals surface area contributed by atoms with E-state index in [2.05, 4.69) is 41.0 Å². The minimum Gasteiger partial charge on any atom is -0.465 e. The molecule has 0 saturated heterocycles. The second-order valence-electron chi connectivity index (χ2n) is 7.34. The first-order chi connectivity index (χ1) is 14.8. The molecule has 3 aromatic rings. The van der Waals surface area contributed by atoms with Crippen molar-refractivity contribution in [3.05, 3.63) is 81.6 Å². The van der Waals surface area contributed by atoms with Gasteiger partial charge in [0.15, 0.2) is 0 Å². The molecule has 7 nitrogen and oxygen atoms in total. The number of methoxy groups -OCH3 is 1. The first-order valence-corrected chi connectivity index (χ1v) is 9.90. The molecule has 2 heterocycles. The van der Waals surface area contributed by atoms with Crippen LogP contribution in [-0.2, 0) is 27.4 Å². The third-order valence-electron chi connectivity index (χ3n) is 5.01. The molecule has 7 heteroatoms. The third-order valence-corrected chi connectivity index (χ3v) is 5.01. The van der Waals surface area contributed by atoms with E-state index in [0.717, 1.165) is 22.5 Å². The van der Waals surface area contributed by atoms with E-state index in [9.17, 15) is 9.59 Å². The van der Waals surface area contributed by atoms with Crippen LogP contribution < -0.4 is 0 Å². The van der Waals surface area contributed by atoms with Crippen molar-refractivity contribution in [3.63, 3.8) is 0 Å². The number of benzene rings is 1. The van der Waals surface area contributed by atoms with Gasteiger partial charge < -0.3 is 13.9 Å². The minimum atomic E-state index is -0.515. The lowest BCUT2D eigenvalue weighted by molar-refractivity contribution is -0.139. The van der Waals surface area contributed by atoms with Crippen molar-refractivity contribution >= 4 is 18.0 Å². The molecule has 0 saturated carbocycles. The van der Waals surface area contributed by atoms with Gasteiger partial charge in [0.05, 0.1) is 19.3 Å². The number of aromatic nitrogens is 2. The topological polar surface area (TPSA) is 83.6 Å². The Labute approximate surface area is 181 Å². The largest absolute Gasteiger partial charge is 0.465 e. The van der Waals surface area contributed by atoms with Crippen LogP contribution in [0.2, 0.25) is 0 Å². The average molecular weight is 422 g/mol. The molecule has 0 radical (unpaired) electrons. The number of hydrogen-bond donors (Lipinski definition) is 0. The zero-order valence-electron chi connectivity index (χ0n) is 18.4. The molecule has 0 aliphatic carbocycles. The van der Waals surface area contributed by atoms with Gasteiger partial charge in [0.25, 0.3) is 0 Å². The number of aryl methyl sites for hydroxylation is 3. The lowest BCUT2D eigenvalue weighted by atomic mass is 10.1. The van der Waals surface area contributed by atoms with Gasteiger partial charge in [-0.15, -0.1) is 0 Å². The van der Waals surface area contributed by atoms with Crippen LogP contribution in [0.4, 0.5) is 0 Å². The molecule has 0 bridgehead atoms. The van der Waals surface area contributed by atoms with Crippen molar-refractivity contribution in [2.24, 2.45) is 0 Å². The Morgan fingerprint density at radius 2 is 1.84 bits per heavy atom. The summed E-state index contributed by atoms with van der Waals surface area (Å²) in [5.41, 5.74) is 5.36. The molecule has 0 spiro atoms. The molecule has 1 aromatic carbocycles. The molecule has 0 fully saturated rings. The number of esters is 2. The highest BCUT2D eigenvalue weighted by molar-refractivity contribution is 5.90. The lowest BCUT2D eigenvalue weighted by Gasteiger charge is -2.05. The van der Waals surface area contributed by atoms with Gasteiger partial charge >= 0.3 is 11.9 Å². The fourth-order valence-corrected chi connectivity index (χ4v) is 3.24. The smallest absolute Gasteiger partial charge is 0.341 e. The van der Waals surface area contributed by atoms with Crippen molar-refractivity contribution < 1.29 is 23.5 Å². The van der Waals surface area contributed by atoms with Gasteiger partial charge in [0, 0.05) is 17.3 Å². The van der Waals surface area contributed by atoms with Gasteiger partial charge in [-0.05, 0) is 45.4 Å². The minimum absolute atomic E-state index is 0.0777. The molecule has 3 rings (SSSR count). The lowest BCUT2D eigenvalue weighted by Crippen LogP contribution is -2.04. The van der Waals surface area contributed by atoms with Gasteiger partial charge in [-0.1, -0.05) is 29.8 Å². The first-order valence-electron chi connectivity index (χ1n) is 9.90. The van der Waals surface area contributed by atoms with E-state index in [4.69, 9.17) is 9.15 Å². The summed E-state index contributed by atoms with van der Waals surface area (Å²) < 4.78 is 17.3. The highest BCUT2D eigenvalue weighted by atomic mass is 16.5. The highest BCUT2D eigenvalue weighted by Gasteiger charge is 2.16. The summed E-state index contributed by atoms with van der Waals surface area (Å²) in [5.74, 6) is -0.218. The molecule has 31 heavy (non-hydrogen) atoms. The zero-order chi connectivity index (χ0) is 22.5. The Bertz CT molecular complexity index is 1120. The van der Waals surface area contributed by atoms with E-state index in [1.54, 1.807) is 13.0 Å². The Morgan fingerprint density at radius 3 is 2.52 bits per heavy atom. The first kappa shape index (κ1) is 22.1.